The van der Waals surface area contributed by atoms with E-state index in [0.29, 0.717) is 24.9 Å². The summed E-state index contributed by atoms with van der Waals surface area (Å²) >= 11 is 0. The van der Waals surface area contributed by atoms with Crippen LogP contribution in [0.3, 0.4) is 0 Å². The van der Waals surface area contributed by atoms with Crippen molar-refractivity contribution in [3.63, 3.8) is 0 Å². The molecule has 0 saturated carbocycles. The Morgan fingerprint density at radius 3 is 2.84 bits per heavy atom. The molecular weight excluding hydrogens is 312 g/mol. The highest BCUT2D eigenvalue weighted by Gasteiger charge is 2.30. The Morgan fingerprint density at radius 2 is 2.04 bits per heavy atom. The van der Waals surface area contributed by atoms with Crippen molar-refractivity contribution in [3.8, 4) is 0 Å². The molecule has 1 atom stereocenters. The zero-order valence-electron chi connectivity index (χ0n) is 15.2. The van der Waals surface area contributed by atoms with Gasteiger partial charge in [-0.05, 0) is 57.7 Å². The summed E-state index contributed by atoms with van der Waals surface area (Å²) in [4.78, 5) is 17.5. The van der Waals surface area contributed by atoms with Gasteiger partial charge >= 0.3 is 0 Å². The first-order chi connectivity index (χ1) is 12.3. The van der Waals surface area contributed by atoms with Gasteiger partial charge in [0, 0.05) is 25.7 Å². The lowest BCUT2D eigenvalue weighted by molar-refractivity contribution is -0.132. The van der Waals surface area contributed by atoms with Crippen molar-refractivity contribution >= 4 is 5.91 Å². The SMILES string of the molecule is O=C(CC1=CCCCC1)N1Cc2ccnn2[C@@H](CN2CCCCC2)C1. The monoisotopic (exact) mass is 342 g/mol. The van der Waals surface area contributed by atoms with Crippen LogP contribution in [0.25, 0.3) is 0 Å². The van der Waals surface area contributed by atoms with Crippen LogP contribution < -0.4 is 0 Å². The van der Waals surface area contributed by atoms with Gasteiger partial charge in [-0.15, -0.1) is 0 Å². The molecule has 0 N–H and O–H groups in total. The van der Waals surface area contributed by atoms with Crippen molar-refractivity contribution < 1.29 is 4.79 Å². The van der Waals surface area contributed by atoms with E-state index in [1.54, 1.807) is 0 Å². The summed E-state index contributed by atoms with van der Waals surface area (Å²) in [5, 5.41) is 4.55. The number of likely N-dealkylation sites (tertiary alicyclic amines) is 1. The minimum Gasteiger partial charge on any atom is -0.334 e. The van der Waals surface area contributed by atoms with Gasteiger partial charge in [-0.3, -0.25) is 9.48 Å². The molecule has 5 nitrogen and oxygen atoms in total. The third-order valence-corrected chi connectivity index (χ3v) is 5.92. The van der Waals surface area contributed by atoms with Gasteiger partial charge in [0.2, 0.25) is 5.91 Å². The molecule has 3 aliphatic rings. The van der Waals surface area contributed by atoms with Crippen LogP contribution in [-0.4, -0.2) is 51.7 Å². The van der Waals surface area contributed by atoms with E-state index < -0.39 is 0 Å². The molecule has 5 heteroatoms. The Bertz CT molecular complexity index is 629. The number of hydrogen-bond acceptors (Lipinski definition) is 3. The molecule has 1 aromatic rings. The van der Waals surface area contributed by atoms with Crippen molar-refractivity contribution in [3.05, 3.63) is 29.6 Å². The number of carbonyl (C=O) groups excluding carboxylic acids is 1. The smallest absolute Gasteiger partial charge is 0.227 e. The second kappa shape index (κ2) is 7.73. The van der Waals surface area contributed by atoms with E-state index in [9.17, 15) is 4.79 Å². The Kier molecular flexibility index (Phi) is 5.20. The van der Waals surface area contributed by atoms with Gasteiger partial charge in [-0.2, -0.15) is 5.10 Å². The van der Waals surface area contributed by atoms with Crippen LogP contribution in [0.1, 0.15) is 63.1 Å². The van der Waals surface area contributed by atoms with Crippen molar-refractivity contribution in [2.24, 2.45) is 0 Å². The second-order valence-electron chi connectivity index (χ2n) is 7.84. The van der Waals surface area contributed by atoms with E-state index in [4.69, 9.17) is 0 Å². The molecular formula is C20H30N4O. The number of aromatic nitrogens is 2. The number of fused-ring (bicyclic) bond motifs is 1. The minimum absolute atomic E-state index is 0.293. The predicted molar refractivity (Wildman–Crippen MR) is 98.1 cm³/mol. The maximum atomic E-state index is 12.9. The Labute approximate surface area is 150 Å². The molecule has 4 rings (SSSR count). The zero-order chi connectivity index (χ0) is 17.1. The lowest BCUT2D eigenvalue weighted by Gasteiger charge is -2.37. The summed E-state index contributed by atoms with van der Waals surface area (Å²) in [6.45, 7) is 4.91. The molecule has 0 aromatic carbocycles. The predicted octanol–water partition coefficient (Wildman–Crippen LogP) is 3.14. The van der Waals surface area contributed by atoms with Crippen LogP contribution in [0.2, 0.25) is 0 Å². The number of allylic oxidation sites excluding steroid dienone is 1. The number of piperidine rings is 1. The summed E-state index contributed by atoms with van der Waals surface area (Å²) in [7, 11) is 0. The highest BCUT2D eigenvalue weighted by Crippen LogP contribution is 2.26. The molecule has 1 saturated heterocycles. The average molecular weight is 342 g/mol. The van der Waals surface area contributed by atoms with Gasteiger partial charge in [0.15, 0.2) is 0 Å². The quantitative estimate of drug-likeness (QED) is 0.790. The molecule has 1 aliphatic carbocycles. The summed E-state index contributed by atoms with van der Waals surface area (Å²) in [5.41, 5.74) is 2.53. The number of hydrogen-bond donors (Lipinski definition) is 0. The molecule has 3 heterocycles. The molecule has 25 heavy (non-hydrogen) atoms. The third kappa shape index (κ3) is 3.97. The van der Waals surface area contributed by atoms with Crippen LogP contribution in [0, 0.1) is 0 Å². The maximum absolute atomic E-state index is 12.9. The number of amides is 1. The average Bonchev–Trinajstić information content (AvgIpc) is 3.12. The summed E-state index contributed by atoms with van der Waals surface area (Å²) in [6, 6.07) is 2.36. The lowest BCUT2D eigenvalue weighted by atomic mass is 9.96. The standard InChI is InChI=1S/C20H30N4O/c25-20(13-17-7-3-1-4-8-17)23-15-18-9-10-21-24(18)19(16-23)14-22-11-5-2-6-12-22/h7,9-10,19H,1-6,8,11-16H2/t19-/m0/s1. The Morgan fingerprint density at radius 1 is 1.16 bits per heavy atom. The van der Waals surface area contributed by atoms with Crippen LogP contribution in [0.5, 0.6) is 0 Å². The van der Waals surface area contributed by atoms with Gasteiger partial charge < -0.3 is 9.80 Å². The molecule has 0 unspecified atom stereocenters. The molecule has 0 spiro atoms. The number of nitrogens with zero attached hydrogens (tertiary/aromatic N) is 4. The normalized spacial score (nSPS) is 24.7. The fourth-order valence-electron chi connectivity index (χ4n) is 4.52. The summed E-state index contributed by atoms with van der Waals surface area (Å²) in [6.07, 6.45) is 13.5. The van der Waals surface area contributed by atoms with Crippen LogP contribution in [-0.2, 0) is 11.3 Å². The van der Waals surface area contributed by atoms with Gasteiger partial charge in [0.25, 0.3) is 0 Å². The fraction of sp³-hybridized carbons (Fsp3) is 0.700. The third-order valence-electron chi connectivity index (χ3n) is 5.92. The Balaban J connectivity index is 1.43. The molecule has 2 aliphatic heterocycles. The van der Waals surface area contributed by atoms with Crippen molar-refractivity contribution in [1.29, 1.82) is 0 Å². The van der Waals surface area contributed by atoms with E-state index in [1.807, 2.05) is 6.20 Å². The zero-order valence-corrected chi connectivity index (χ0v) is 15.2. The fourth-order valence-corrected chi connectivity index (χ4v) is 4.52. The largest absolute Gasteiger partial charge is 0.334 e. The van der Waals surface area contributed by atoms with Crippen LogP contribution in [0.4, 0.5) is 0 Å². The first kappa shape index (κ1) is 16.8. The molecule has 0 bridgehead atoms. The van der Waals surface area contributed by atoms with Gasteiger partial charge in [-0.1, -0.05) is 18.1 Å². The van der Waals surface area contributed by atoms with E-state index in [1.165, 1.54) is 56.5 Å². The number of rotatable bonds is 4. The highest BCUT2D eigenvalue weighted by atomic mass is 16.2. The second-order valence-corrected chi connectivity index (χ2v) is 7.84. The Hall–Kier alpha value is -1.62. The first-order valence-corrected chi connectivity index (χ1v) is 10.00. The molecule has 0 radical (unpaired) electrons. The van der Waals surface area contributed by atoms with E-state index in [-0.39, 0.29) is 0 Å². The minimum atomic E-state index is 0.293. The lowest BCUT2D eigenvalue weighted by Crippen LogP contribution is -2.46. The van der Waals surface area contributed by atoms with Crippen LogP contribution in [0.15, 0.2) is 23.9 Å². The van der Waals surface area contributed by atoms with E-state index in [0.717, 1.165) is 25.9 Å². The first-order valence-electron chi connectivity index (χ1n) is 10.00. The summed E-state index contributed by atoms with van der Waals surface area (Å²) < 4.78 is 2.16. The molecule has 1 amide bonds. The van der Waals surface area contributed by atoms with Crippen LogP contribution >= 0.6 is 0 Å². The molecule has 1 fully saturated rings. The maximum Gasteiger partial charge on any atom is 0.227 e. The van der Waals surface area contributed by atoms with Gasteiger partial charge in [-0.25, -0.2) is 0 Å². The van der Waals surface area contributed by atoms with Gasteiger partial charge in [0.1, 0.15) is 0 Å². The van der Waals surface area contributed by atoms with Crippen molar-refractivity contribution in [2.75, 3.05) is 26.2 Å². The van der Waals surface area contributed by atoms with Crippen molar-refractivity contribution in [2.45, 2.75) is 64.0 Å². The van der Waals surface area contributed by atoms with E-state index >= 15 is 0 Å². The molecule has 136 valence electrons. The summed E-state index contributed by atoms with van der Waals surface area (Å²) in [5.74, 6) is 0.296. The van der Waals surface area contributed by atoms with Crippen molar-refractivity contribution in [1.82, 2.24) is 19.6 Å². The van der Waals surface area contributed by atoms with E-state index in [2.05, 4.69) is 31.7 Å². The number of carbonyl (C=O) groups is 1. The highest BCUT2D eigenvalue weighted by molar-refractivity contribution is 5.79. The topological polar surface area (TPSA) is 41.4 Å². The van der Waals surface area contributed by atoms with Gasteiger partial charge in [0.05, 0.1) is 18.3 Å². The molecule has 1 aromatic heterocycles.